The minimum atomic E-state index is -0.584. The van der Waals surface area contributed by atoms with Gasteiger partial charge in [-0.3, -0.25) is 4.79 Å². The summed E-state index contributed by atoms with van der Waals surface area (Å²) in [6.45, 7) is 1.51. The lowest BCUT2D eigenvalue weighted by atomic mass is 10.2. The maximum atomic E-state index is 11.8. The Morgan fingerprint density at radius 3 is 2.47 bits per heavy atom. The molecule has 0 bridgehead atoms. The lowest BCUT2D eigenvalue weighted by Gasteiger charge is -1.99. The molecule has 0 spiro atoms. The number of carbonyl (C=O) groups excluding carboxylic acids is 2. The van der Waals surface area contributed by atoms with Crippen LogP contribution in [0.25, 0.3) is 0 Å². The number of thiophene rings is 1. The molecule has 0 aliphatic carbocycles. The van der Waals surface area contributed by atoms with E-state index in [4.69, 9.17) is 4.84 Å². The van der Waals surface area contributed by atoms with Gasteiger partial charge in [-0.05, 0) is 30.5 Å². The SMILES string of the molecule is CC(=NOC(=O)c1ccccc1)C(=O)c1cccs1. The lowest BCUT2D eigenvalue weighted by molar-refractivity contribution is 0.0515. The van der Waals surface area contributed by atoms with Crippen LogP contribution in [0, 0.1) is 0 Å². The first-order valence-electron chi connectivity index (χ1n) is 5.57. The van der Waals surface area contributed by atoms with E-state index >= 15 is 0 Å². The Balaban J connectivity index is 2.03. The highest BCUT2D eigenvalue weighted by Gasteiger charge is 2.12. The maximum absolute atomic E-state index is 11.8. The van der Waals surface area contributed by atoms with E-state index in [1.54, 1.807) is 47.8 Å². The molecule has 0 radical (unpaired) electrons. The fourth-order valence-corrected chi connectivity index (χ4v) is 2.08. The van der Waals surface area contributed by atoms with Gasteiger partial charge in [-0.25, -0.2) is 4.79 Å². The van der Waals surface area contributed by atoms with Crippen molar-refractivity contribution >= 4 is 28.8 Å². The number of hydrogen-bond donors (Lipinski definition) is 0. The van der Waals surface area contributed by atoms with Crippen molar-refractivity contribution < 1.29 is 14.4 Å². The third-order valence-corrected chi connectivity index (χ3v) is 3.22. The minimum absolute atomic E-state index is 0.145. The molecule has 96 valence electrons. The highest BCUT2D eigenvalue weighted by molar-refractivity contribution is 7.13. The average Bonchev–Trinajstić information content (AvgIpc) is 2.98. The van der Waals surface area contributed by atoms with Gasteiger partial charge in [-0.15, -0.1) is 11.3 Å². The Labute approximate surface area is 114 Å². The van der Waals surface area contributed by atoms with Crippen LogP contribution in [0.2, 0.25) is 0 Å². The van der Waals surface area contributed by atoms with Crippen LogP contribution in [-0.4, -0.2) is 17.5 Å². The number of oxime groups is 1. The summed E-state index contributed by atoms with van der Waals surface area (Å²) in [6, 6.07) is 12.0. The molecular formula is C14H11NO3S. The quantitative estimate of drug-likeness (QED) is 0.372. The zero-order valence-electron chi connectivity index (χ0n) is 10.2. The number of Topliss-reactive ketones (excluding diaryl/α,β-unsaturated/α-hetero) is 1. The summed E-state index contributed by atoms with van der Waals surface area (Å²) in [4.78, 5) is 28.8. The first-order valence-corrected chi connectivity index (χ1v) is 6.45. The average molecular weight is 273 g/mol. The van der Waals surface area contributed by atoms with Crippen LogP contribution >= 0.6 is 11.3 Å². The van der Waals surface area contributed by atoms with Gasteiger partial charge in [-0.2, -0.15) is 0 Å². The minimum Gasteiger partial charge on any atom is -0.312 e. The van der Waals surface area contributed by atoms with E-state index in [-0.39, 0.29) is 11.5 Å². The molecule has 0 amide bonds. The Kier molecular flexibility index (Phi) is 4.20. The molecule has 0 unspecified atom stereocenters. The van der Waals surface area contributed by atoms with Crippen molar-refractivity contribution in [3.05, 3.63) is 58.3 Å². The number of carbonyl (C=O) groups is 2. The number of benzene rings is 1. The molecule has 1 aromatic heterocycles. The van der Waals surface area contributed by atoms with Crippen molar-refractivity contribution in [3.63, 3.8) is 0 Å². The second-order valence-corrected chi connectivity index (χ2v) is 4.68. The predicted octanol–water partition coefficient (Wildman–Crippen LogP) is 3.16. The van der Waals surface area contributed by atoms with E-state index in [1.807, 2.05) is 0 Å². The Morgan fingerprint density at radius 1 is 1.11 bits per heavy atom. The molecule has 2 aromatic rings. The number of hydrogen-bond acceptors (Lipinski definition) is 5. The van der Waals surface area contributed by atoms with Crippen LogP contribution in [0.5, 0.6) is 0 Å². The Bertz CT molecular complexity index is 603. The molecular weight excluding hydrogens is 262 g/mol. The highest BCUT2D eigenvalue weighted by atomic mass is 32.1. The fraction of sp³-hybridized carbons (Fsp3) is 0.0714. The molecule has 2 rings (SSSR count). The van der Waals surface area contributed by atoms with Gasteiger partial charge in [0, 0.05) is 0 Å². The molecule has 1 heterocycles. The van der Waals surface area contributed by atoms with Crippen LogP contribution in [-0.2, 0) is 4.84 Å². The van der Waals surface area contributed by atoms with Gasteiger partial charge in [0.05, 0.1) is 10.4 Å². The number of rotatable bonds is 4. The number of ketones is 1. The summed E-state index contributed by atoms with van der Waals surface area (Å²) in [5.74, 6) is -0.824. The van der Waals surface area contributed by atoms with Crippen LogP contribution in [0.15, 0.2) is 53.0 Å². The van der Waals surface area contributed by atoms with Gasteiger partial charge in [0.15, 0.2) is 0 Å². The molecule has 4 nitrogen and oxygen atoms in total. The standard InChI is InChI=1S/C14H11NO3S/c1-10(13(16)12-8-5-9-19-12)15-18-14(17)11-6-3-2-4-7-11/h2-9H,1H3. The third kappa shape index (κ3) is 3.35. The monoisotopic (exact) mass is 273 g/mol. The largest absolute Gasteiger partial charge is 0.365 e. The summed E-state index contributed by atoms with van der Waals surface area (Å²) >= 11 is 1.32. The zero-order chi connectivity index (χ0) is 13.7. The van der Waals surface area contributed by atoms with E-state index in [2.05, 4.69) is 5.16 Å². The number of nitrogens with zero attached hydrogens (tertiary/aromatic N) is 1. The van der Waals surface area contributed by atoms with Crippen molar-refractivity contribution in [2.75, 3.05) is 0 Å². The molecule has 0 aliphatic heterocycles. The van der Waals surface area contributed by atoms with E-state index in [0.717, 1.165) is 0 Å². The molecule has 1 aromatic carbocycles. The first-order chi connectivity index (χ1) is 9.18. The summed E-state index contributed by atoms with van der Waals surface area (Å²) in [7, 11) is 0. The van der Waals surface area contributed by atoms with E-state index in [9.17, 15) is 9.59 Å². The smallest absolute Gasteiger partial charge is 0.312 e. The fourth-order valence-electron chi connectivity index (χ4n) is 1.36. The van der Waals surface area contributed by atoms with Crippen molar-refractivity contribution in [2.24, 2.45) is 5.16 Å². The second-order valence-electron chi connectivity index (χ2n) is 3.73. The molecule has 0 N–H and O–H groups in total. The topological polar surface area (TPSA) is 55.7 Å². The van der Waals surface area contributed by atoms with E-state index < -0.39 is 5.97 Å². The van der Waals surface area contributed by atoms with Gasteiger partial charge in [0.1, 0.15) is 5.71 Å². The van der Waals surface area contributed by atoms with E-state index in [0.29, 0.717) is 10.4 Å². The normalized spacial score (nSPS) is 11.1. The third-order valence-electron chi connectivity index (χ3n) is 2.35. The Morgan fingerprint density at radius 2 is 1.84 bits per heavy atom. The van der Waals surface area contributed by atoms with Crippen LogP contribution in [0.3, 0.4) is 0 Å². The molecule has 0 saturated heterocycles. The zero-order valence-corrected chi connectivity index (χ0v) is 11.0. The molecule has 0 aliphatic rings. The van der Waals surface area contributed by atoms with Gasteiger partial charge < -0.3 is 4.84 Å². The van der Waals surface area contributed by atoms with Gasteiger partial charge in [0.2, 0.25) is 5.78 Å². The summed E-state index contributed by atoms with van der Waals surface area (Å²) in [5.41, 5.74) is 0.536. The predicted molar refractivity (Wildman–Crippen MR) is 73.6 cm³/mol. The molecule has 19 heavy (non-hydrogen) atoms. The molecule has 0 atom stereocenters. The second kappa shape index (κ2) is 6.06. The van der Waals surface area contributed by atoms with Crippen LogP contribution in [0.1, 0.15) is 27.0 Å². The van der Waals surface area contributed by atoms with Crippen molar-refractivity contribution in [2.45, 2.75) is 6.92 Å². The molecule has 0 saturated carbocycles. The summed E-state index contributed by atoms with van der Waals surface area (Å²) < 4.78 is 0. The highest BCUT2D eigenvalue weighted by Crippen LogP contribution is 2.10. The Hall–Kier alpha value is -2.27. The van der Waals surface area contributed by atoms with Crippen LogP contribution < -0.4 is 0 Å². The maximum Gasteiger partial charge on any atom is 0.365 e. The van der Waals surface area contributed by atoms with Gasteiger partial charge in [-0.1, -0.05) is 29.4 Å². The van der Waals surface area contributed by atoms with Gasteiger partial charge in [0.25, 0.3) is 0 Å². The lowest BCUT2D eigenvalue weighted by Crippen LogP contribution is -2.11. The first kappa shape index (κ1) is 13.2. The van der Waals surface area contributed by atoms with Crippen LogP contribution in [0.4, 0.5) is 0 Å². The summed E-state index contributed by atoms with van der Waals surface area (Å²) in [5, 5.41) is 5.38. The molecule has 5 heteroatoms. The molecule has 0 fully saturated rings. The van der Waals surface area contributed by atoms with Crippen molar-refractivity contribution in [3.8, 4) is 0 Å². The summed E-state index contributed by atoms with van der Waals surface area (Å²) in [6.07, 6.45) is 0. The van der Waals surface area contributed by atoms with Gasteiger partial charge >= 0.3 is 5.97 Å². The van der Waals surface area contributed by atoms with Crippen molar-refractivity contribution in [1.29, 1.82) is 0 Å². The van der Waals surface area contributed by atoms with E-state index in [1.165, 1.54) is 18.3 Å². The van der Waals surface area contributed by atoms with Crippen molar-refractivity contribution in [1.82, 2.24) is 0 Å².